The zero-order chi connectivity index (χ0) is 18.1. The smallest absolute Gasteiger partial charge is 0.147 e. The van der Waals surface area contributed by atoms with Crippen molar-refractivity contribution in [2.45, 2.75) is 10.8 Å². The summed E-state index contributed by atoms with van der Waals surface area (Å²) in [4.78, 5) is 9.82. The first-order chi connectivity index (χ1) is 13.4. The SMILES string of the molecule is c1ccc(CSc2cc3nc4ccccc4n3c(-c3ccccc3)n2)cc1. The van der Waals surface area contributed by atoms with Gasteiger partial charge in [-0.3, -0.25) is 4.40 Å². The van der Waals surface area contributed by atoms with E-state index in [0.717, 1.165) is 38.8 Å². The van der Waals surface area contributed by atoms with Crippen molar-refractivity contribution in [2.24, 2.45) is 0 Å². The average Bonchev–Trinajstić information content (AvgIpc) is 3.11. The summed E-state index contributed by atoms with van der Waals surface area (Å²) in [5.41, 5.74) is 5.38. The second-order valence-corrected chi connectivity index (χ2v) is 7.35. The molecule has 5 rings (SSSR count). The first-order valence-corrected chi connectivity index (χ1v) is 9.87. The van der Waals surface area contributed by atoms with Crippen molar-refractivity contribution in [1.29, 1.82) is 0 Å². The highest BCUT2D eigenvalue weighted by atomic mass is 32.2. The highest BCUT2D eigenvalue weighted by Crippen LogP contribution is 2.29. The van der Waals surface area contributed by atoms with E-state index in [1.807, 2.05) is 42.5 Å². The summed E-state index contributed by atoms with van der Waals surface area (Å²) in [6, 6.07) is 31.1. The molecule has 27 heavy (non-hydrogen) atoms. The molecule has 0 N–H and O–H groups in total. The predicted molar refractivity (Wildman–Crippen MR) is 112 cm³/mol. The number of imidazole rings is 1. The van der Waals surface area contributed by atoms with Gasteiger partial charge in [-0.15, -0.1) is 11.8 Å². The van der Waals surface area contributed by atoms with Gasteiger partial charge in [-0.1, -0.05) is 72.8 Å². The summed E-state index contributed by atoms with van der Waals surface area (Å²) in [5, 5.41) is 0.987. The summed E-state index contributed by atoms with van der Waals surface area (Å²) < 4.78 is 2.15. The van der Waals surface area contributed by atoms with E-state index in [0.29, 0.717) is 0 Å². The lowest BCUT2D eigenvalue weighted by atomic mass is 10.2. The van der Waals surface area contributed by atoms with E-state index in [1.165, 1.54) is 5.56 Å². The Kier molecular flexibility index (Phi) is 4.11. The van der Waals surface area contributed by atoms with Gasteiger partial charge in [0.2, 0.25) is 0 Å². The molecule has 0 saturated heterocycles. The van der Waals surface area contributed by atoms with E-state index in [9.17, 15) is 0 Å². The molecule has 4 heteroatoms. The molecule has 0 atom stereocenters. The molecule has 2 heterocycles. The van der Waals surface area contributed by atoms with Gasteiger partial charge in [0.05, 0.1) is 11.0 Å². The number of aromatic nitrogens is 3. The molecule has 0 aliphatic heterocycles. The Balaban J connectivity index is 1.66. The molecule has 0 aliphatic rings. The minimum absolute atomic E-state index is 0.887. The Hall–Kier alpha value is -3.11. The van der Waals surface area contributed by atoms with Gasteiger partial charge < -0.3 is 0 Å². The summed E-state index contributed by atoms with van der Waals surface area (Å²) >= 11 is 1.74. The number of hydrogen-bond acceptors (Lipinski definition) is 3. The summed E-state index contributed by atoms with van der Waals surface area (Å²) in [7, 11) is 0. The number of fused-ring (bicyclic) bond motifs is 3. The topological polar surface area (TPSA) is 30.2 Å². The molecule has 3 aromatic carbocycles. The summed E-state index contributed by atoms with van der Waals surface area (Å²) in [6.07, 6.45) is 0. The zero-order valence-electron chi connectivity index (χ0n) is 14.6. The fourth-order valence-corrected chi connectivity index (χ4v) is 4.09. The van der Waals surface area contributed by atoms with Crippen LogP contribution in [0.25, 0.3) is 28.1 Å². The van der Waals surface area contributed by atoms with Gasteiger partial charge in [-0.2, -0.15) is 0 Å². The zero-order valence-corrected chi connectivity index (χ0v) is 15.4. The van der Waals surface area contributed by atoms with Crippen molar-refractivity contribution in [1.82, 2.24) is 14.4 Å². The molecule has 0 bridgehead atoms. The third-order valence-electron chi connectivity index (χ3n) is 4.53. The first kappa shape index (κ1) is 16.1. The Morgan fingerprint density at radius 3 is 2.26 bits per heavy atom. The Labute approximate surface area is 161 Å². The maximum Gasteiger partial charge on any atom is 0.147 e. The van der Waals surface area contributed by atoms with E-state index >= 15 is 0 Å². The van der Waals surface area contributed by atoms with Gasteiger partial charge in [-0.25, -0.2) is 9.97 Å². The molecule has 0 aliphatic carbocycles. The van der Waals surface area contributed by atoms with Crippen LogP contribution in [0.4, 0.5) is 0 Å². The van der Waals surface area contributed by atoms with Crippen molar-refractivity contribution in [3.63, 3.8) is 0 Å². The second-order valence-electron chi connectivity index (χ2n) is 6.35. The largest absolute Gasteiger partial charge is 0.276 e. The predicted octanol–water partition coefficient (Wildman–Crippen LogP) is 5.84. The van der Waals surface area contributed by atoms with Gasteiger partial charge in [0.1, 0.15) is 16.5 Å². The molecule has 0 radical (unpaired) electrons. The fraction of sp³-hybridized carbons (Fsp3) is 0.0435. The molecule has 0 fully saturated rings. The highest BCUT2D eigenvalue weighted by Gasteiger charge is 2.13. The number of thioether (sulfide) groups is 1. The molecule has 0 saturated carbocycles. The van der Waals surface area contributed by atoms with Crippen molar-refractivity contribution in [3.8, 4) is 11.4 Å². The quantitative estimate of drug-likeness (QED) is 0.295. The number of nitrogens with zero attached hydrogens (tertiary/aromatic N) is 3. The van der Waals surface area contributed by atoms with Crippen LogP contribution in [0.2, 0.25) is 0 Å². The molecular formula is C23H17N3S. The fourth-order valence-electron chi connectivity index (χ4n) is 3.25. The minimum atomic E-state index is 0.887. The van der Waals surface area contributed by atoms with Gasteiger partial charge in [0.15, 0.2) is 0 Å². The number of para-hydroxylation sites is 2. The van der Waals surface area contributed by atoms with Crippen LogP contribution in [0.3, 0.4) is 0 Å². The molecule has 130 valence electrons. The average molecular weight is 367 g/mol. The molecule has 2 aromatic heterocycles. The van der Waals surface area contributed by atoms with Gasteiger partial charge >= 0.3 is 0 Å². The Morgan fingerprint density at radius 1 is 0.741 bits per heavy atom. The van der Waals surface area contributed by atoms with Gasteiger partial charge in [0, 0.05) is 17.4 Å². The third kappa shape index (κ3) is 3.09. The van der Waals surface area contributed by atoms with Crippen LogP contribution in [0, 0.1) is 0 Å². The number of hydrogen-bond donors (Lipinski definition) is 0. The third-order valence-corrected chi connectivity index (χ3v) is 5.51. The summed E-state index contributed by atoms with van der Waals surface area (Å²) in [6.45, 7) is 0. The molecule has 0 spiro atoms. The van der Waals surface area contributed by atoms with Crippen molar-refractivity contribution >= 4 is 28.4 Å². The normalized spacial score (nSPS) is 11.3. The van der Waals surface area contributed by atoms with Crippen LogP contribution in [0.1, 0.15) is 5.56 Å². The molecule has 0 amide bonds. The lowest BCUT2D eigenvalue weighted by molar-refractivity contribution is 1.03. The molecule has 5 aromatic rings. The summed E-state index contributed by atoms with van der Waals surface area (Å²) in [5.74, 6) is 1.82. The first-order valence-electron chi connectivity index (χ1n) is 8.89. The highest BCUT2D eigenvalue weighted by molar-refractivity contribution is 7.98. The van der Waals surface area contributed by atoms with Crippen LogP contribution in [-0.2, 0) is 5.75 Å². The number of benzene rings is 3. The Morgan fingerprint density at radius 2 is 1.44 bits per heavy atom. The van der Waals surface area contributed by atoms with Crippen LogP contribution < -0.4 is 0 Å². The lowest BCUT2D eigenvalue weighted by Gasteiger charge is -2.09. The van der Waals surface area contributed by atoms with Gasteiger partial charge in [0.25, 0.3) is 0 Å². The number of rotatable bonds is 4. The van der Waals surface area contributed by atoms with E-state index in [2.05, 4.69) is 52.9 Å². The van der Waals surface area contributed by atoms with E-state index in [1.54, 1.807) is 11.8 Å². The maximum absolute atomic E-state index is 4.99. The van der Waals surface area contributed by atoms with E-state index in [-0.39, 0.29) is 0 Å². The lowest BCUT2D eigenvalue weighted by Crippen LogP contribution is -1.98. The monoisotopic (exact) mass is 367 g/mol. The van der Waals surface area contributed by atoms with Crippen molar-refractivity contribution in [3.05, 3.63) is 96.6 Å². The van der Waals surface area contributed by atoms with Crippen LogP contribution in [0.15, 0.2) is 96.0 Å². The molecule has 3 nitrogen and oxygen atoms in total. The van der Waals surface area contributed by atoms with Crippen LogP contribution in [-0.4, -0.2) is 14.4 Å². The van der Waals surface area contributed by atoms with Crippen molar-refractivity contribution < 1.29 is 0 Å². The maximum atomic E-state index is 4.99. The van der Waals surface area contributed by atoms with Gasteiger partial charge in [-0.05, 0) is 17.7 Å². The van der Waals surface area contributed by atoms with Crippen LogP contribution in [0.5, 0.6) is 0 Å². The molecule has 0 unspecified atom stereocenters. The minimum Gasteiger partial charge on any atom is -0.276 e. The Bertz CT molecular complexity index is 1210. The van der Waals surface area contributed by atoms with E-state index < -0.39 is 0 Å². The standard InChI is InChI=1S/C23H17N3S/c1-3-9-17(10-4-1)16-27-22-15-21-24-19-13-7-8-14-20(19)26(21)23(25-22)18-11-5-2-6-12-18/h1-15H,16H2. The van der Waals surface area contributed by atoms with E-state index in [4.69, 9.17) is 9.97 Å². The molecular weight excluding hydrogens is 350 g/mol. The second kappa shape index (κ2) is 6.89. The van der Waals surface area contributed by atoms with Crippen molar-refractivity contribution in [2.75, 3.05) is 0 Å². The van der Waals surface area contributed by atoms with Crippen LogP contribution >= 0.6 is 11.8 Å².